The first-order valence-corrected chi connectivity index (χ1v) is 37.5. The molecule has 4 atom stereocenters. The molecule has 0 saturated carbocycles. The fourth-order valence-corrected chi connectivity index (χ4v) is 18.9. The number of hydrogen-bond acceptors (Lipinski definition) is 4. The smallest absolute Gasteiger partial charge is 0.256 e. The summed E-state index contributed by atoms with van der Waals surface area (Å²) in [4.78, 5) is 5.04. The largest absolute Gasteiger partial charge is 0.458 e. The fraction of sp³-hybridized carbons (Fsp3) is 0.215. The number of nitriles is 1. The van der Waals surface area contributed by atoms with Crippen LogP contribution in [-0.4, -0.2) is 84.2 Å². The summed E-state index contributed by atoms with van der Waals surface area (Å²) in [5.74, 6) is 1.60. The van der Waals surface area contributed by atoms with Crippen LogP contribution in [0.1, 0.15) is 118 Å². The van der Waals surface area contributed by atoms with E-state index in [-0.39, 0.29) is 71.8 Å². The van der Waals surface area contributed by atoms with Crippen LogP contribution in [0, 0.1) is 23.2 Å². The van der Waals surface area contributed by atoms with Crippen LogP contribution in [0.15, 0.2) is 211 Å². The Labute approximate surface area is 645 Å². The molecule has 108 heavy (non-hydrogen) atoms. The number of rotatable bonds is 6. The van der Waals surface area contributed by atoms with Gasteiger partial charge in [0.15, 0.2) is 0 Å². The number of nitrogens with zero attached hydrogens (tertiary/aromatic N) is 5. The third-order valence-corrected chi connectivity index (χ3v) is 24.5. The quantitative estimate of drug-likeness (QED) is 0.123. The molecule has 3 aliphatic heterocycles. The van der Waals surface area contributed by atoms with Gasteiger partial charge in [0, 0.05) is 72.9 Å². The lowest BCUT2D eigenvalue weighted by Gasteiger charge is -2.58. The minimum atomic E-state index is -0.663. The predicted octanol–water partition coefficient (Wildman–Crippen LogP) is 12.6. The Balaban J connectivity index is 0.968. The van der Waals surface area contributed by atoms with E-state index in [0.29, 0.717) is 44.6 Å². The van der Waals surface area contributed by atoms with E-state index in [1.165, 1.54) is 44.2 Å². The van der Waals surface area contributed by atoms with E-state index in [1.54, 1.807) is 0 Å². The summed E-state index contributed by atoms with van der Waals surface area (Å²) >= 11 is 0. The van der Waals surface area contributed by atoms with Gasteiger partial charge < -0.3 is 23.7 Å². The molecule has 5 aliphatic rings. The molecule has 13 aromatic rings. The van der Waals surface area contributed by atoms with Crippen molar-refractivity contribution in [3.63, 3.8) is 0 Å². The molecule has 16 radical (unpaired) electrons. The van der Waals surface area contributed by atoms with Crippen molar-refractivity contribution in [1.29, 1.82) is 5.26 Å². The normalized spacial score (nSPS) is 18.5. The minimum Gasteiger partial charge on any atom is -0.458 e. The first-order valence-electron chi connectivity index (χ1n) is 37.5. The molecule has 2 aliphatic carbocycles. The van der Waals surface area contributed by atoms with Gasteiger partial charge in [-0.2, -0.15) is 5.26 Å². The molecule has 0 N–H and O–H groups in total. The van der Waals surface area contributed by atoms with E-state index in [1.807, 2.05) is 22.8 Å². The van der Waals surface area contributed by atoms with Crippen molar-refractivity contribution in [2.45, 2.75) is 117 Å². The maximum atomic E-state index is 11.3. The van der Waals surface area contributed by atoms with Crippen molar-refractivity contribution in [2.75, 3.05) is 9.80 Å². The molecule has 2 aromatic heterocycles. The SMILES string of the molecule is [B]c1c([B])c([B])c2c(c1[B])c1c([B])c([B])c([B])c([B])c1n2-c1ccc2c(c1)Oc1cc(-c3cc(C#N)ccc3N3c4ccccc4C4(C)C=CC(C)C5=C4C3(C)C=CC5C)cc3c1B2c1ccc(-n2c4ccc(C(C)(C)C)cc4c4cc(C(C)(C)C)ccc42)cc1N3c1ccc(C(C)(C)C)cc1-c1ccccc1. The van der Waals surface area contributed by atoms with Crippen LogP contribution in [0.3, 0.4) is 0 Å². The topological polar surface area (TPSA) is 49.4 Å². The van der Waals surface area contributed by atoms with Gasteiger partial charge >= 0.3 is 0 Å². The van der Waals surface area contributed by atoms with Crippen molar-refractivity contribution in [2.24, 2.45) is 11.8 Å². The van der Waals surface area contributed by atoms with Crippen molar-refractivity contribution in [3.8, 4) is 51.2 Å². The molecule has 15 heteroatoms. The third-order valence-electron chi connectivity index (χ3n) is 24.5. The third kappa shape index (κ3) is 9.89. The number of hydrogen-bond donors (Lipinski definition) is 0. The van der Waals surface area contributed by atoms with E-state index < -0.39 is 17.7 Å². The molecule has 504 valence electrons. The van der Waals surface area contributed by atoms with E-state index in [2.05, 4.69) is 292 Å². The van der Waals surface area contributed by atoms with Gasteiger partial charge in [0.25, 0.3) is 6.71 Å². The molecule has 6 nitrogen and oxygen atoms in total. The lowest BCUT2D eigenvalue weighted by atomic mass is 9.34. The van der Waals surface area contributed by atoms with Crippen molar-refractivity contribution >= 4 is 202 Å². The molecule has 0 spiro atoms. The number of benzene rings is 11. The fourth-order valence-electron chi connectivity index (χ4n) is 18.9. The zero-order chi connectivity index (χ0) is 75.8. The number of para-hydroxylation sites is 1. The van der Waals surface area contributed by atoms with Gasteiger partial charge in [0.05, 0.1) is 39.6 Å². The second-order valence-electron chi connectivity index (χ2n) is 34.2. The summed E-state index contributed by atoms with van der Waals surface area (Å²) in [5, 5.41) is 14.5. The Morgan fingerprint density at radius 3 is 1.60 bits per heavy atom. The average molecular weight is 1370 g/mol. The van der Waals surface area contributed by atoms with E-state index >= 15 is 0 Å². The van der Waals surface area contributed by atoms with Gasteiger partial charge in [-0.3, -0.25) is 0 Å². The molecule has 4 unspecified atom stereocenters. The number of anilines is 5. The van der Waals surface area contributed by atoms with Gasteiger partial charge in [0.1, 0.15) is 74.3 Å². The first-order chi connectivity index (χ1) is 51.3. The molecule has 0 amide bonds. The molecule has 11 aromatic carbocycles. The van der Waals surface area contributed by atoms with Crippen LogP contribution in [0.25, 0.3) is 77.2 Å². The summed E-state index contributed by atoms with van der Waals surface area (Å²) in [6, 6.07) is 67.3. The standard InChI is InChI=1S/C93H74B9N5O/c1-48-35-37-92(12)62-21-17-18-22-69(62)107(93(13)38-36-49(2)74(48)88(92)93)68-31-23-50(47-103)39-58(68)52-40-71-85-73(41-52)108-72-46-57(105-86-75(77(94)79(96)81(98)83(86)100)76-78(95)80(97)82(99)84(101)87(76)105)28-30-64(72)102(85)63-29-27-56(45-70(63)106(71)65-32-24-53(89(3,4)5)42-59(65)51-19-15-14-16-20-51)104-66-33-25-54(90(6,7)8)43-60(66)61-44-55(91(9,10)11)26-34-67(61)104/h14-46,48-49H,1-13H3. The number of ether oxygens (including phenoxy) is 1. The molecular formula is C93H74B9N5O. The first kappa shape index (κ1) is 69.5. The number of allylic oxidation sites excluding steroid dienone is 4. The molecule has 0 bridgehead atoms. The maximum absolute atomic E-state index is 11.3. The molecule has 18 rings (SSSR count). The molecular weight excluding hydrogens is 1300 g/mol. The molecule has 5 heterocycles. The van der Waals surface area contributed by atoms with Gasteiger partial charge in [-0.1, -0.05) is 207 Å². The van der Waals surface area contributed by atoms with E-state index in [4.69, 9.17) is 67.5 Å². The van der Waals surface area contributed by atoms with Gasteiger partial charge in [-0.05, 0) is 199 Å². The van der Waals surface area contributed by atoms with Crippen LogP contribution in [0.5, 0.6) is 11.5 Å². The summed E-state index contributed by atoms with van der Waals surface area (Å²) in [7, 11) is 55.4. The Morgan fingerprint density at radius 2 is 0.991 bits per heavy atom. The monoisotopic (exact) mass is 1380 g/mol. The average Bonchev–Trinajstić information content (AvgIpc) is 0.971. The summed E-state index contributed by atoms with van der Waals surface area (Å²) in [6.07, 6.45) is 9.67. The lowest BCUT2D eigenvalue weighted by molar-refractivity contribution is 0.459. The van der Waals surface area contributed by atoms with E-state index in [9.17, 15) is 5.26 Å². The van der Waals surface area contributed by atoms with Crippen LogP contribution < -0.4 is 74.6 Å². The van der Waals surface area contributed by atoms with Gasteiger partial charge in [-0.15, -0.1) is 21.9 Å². The second-order valence-corrected chi connectivity index (χ2v) is 34.2. The number of fused-ring (bicyclic) bond motifs is 12. The van der Waals surface area contributed by atoms with Gasteiger partial charge in [0.2, 0.25) is 0 Å². The Kier molecular flexibility index (Phi) is 15.3. The zero-order valence-corrected chi connectivity index (χ0v) is 63.5. The van der Waals surface area contributed by atoms with Crippen LogP contribution in [0.2, 0.25) is 0 Å². The Hall–Kier alpha value is -10.3. The van der Waals surface area contributed by atoms with Crippen molar-refractivity contribution < 1.29 is 4.74 Å². The highest BCUT2D eigenvalue weighted by Gasteiger charge is 2.55. The predicted molar refractivity (Wildman–Crippen MR) is 464 cm³/mol. The second kappa shape index (κ2) is 23.9. The van der Waals surface area contributed by atoms with Crippen LogP contribution >= 0.6 is 0 Å². The minimum absolute atomic E-state index is 0.106. The summed E-state index contributed by atoms with van der Waals surface area (Å²) in [5.41, 5.74) is 24.1. The van der Waals surface area contributed by atoms with Crippen LogP contribution in [-0.2, 0) is 21.7 Å². The molecule has 0 fully saturated rings. The van der Waals surface area contributed by atoms with E-state index in [0.717, 1.165) is 83.8 Å². The highest BCUT2D eigenvalue weighted by Crippen LogP contribution is 2.62. The Morgan fingerprint density at radius 1 is 0.454 bits per heavy atom. The lowest BCUT2D eigenvalue weighted by Crippen LogP contribution is -2.59. The molecule has 0 saturated heterocycles. The zero-order valence-electron chi connectivity index (χ0n) is 63.5. The van der Waals surface area contributed by atoms with Gasteiger partial charge in [-0.25, -0.2) is 0 Å². The summed E-state index contributed by atoms with van der Waals surface area (Å²) in [6.45, 7) is 29.5. The van der Waals surface area contributed by atoms with Crippen molar-refractivity contribution in [3.05, 3.63) is 239 Å². The number of aromatic nitrogens is 2. The maximum Gasteiger partial charge on any atom is 0.256 e. The van der Waals surface area contributed by atoms with Crippen LogP contribution in [0.4, 0.5) is 28.4 Å². The summed E-state index contributed by atoms with van der Waals surface area (Å²) < 4.78 is 12.2. The highest BCUT2D eigenvalue weighted by atomic mass is 16.5. The Bertz CT molecular complexity index is 6170. The highest BCUT2D eigenvalue weighted by molar-refractivity contribution is 6.99. The van der Waals surface area contributed by atoms with Crippen molar-refractivity contribution in [1.82, 2.24) is 9.13 Å².